The van der Waals surface area contributed by atoms with Crippen LogP contribution in [0.3, 0.4) is 0 Å². The van der Waals surface area contributed by atoms with Crippen LogP contribution in [0.1, 0.15) is 16.8 Å². The summed E-state index contributed by atoms with van der Waals surface area (Å²) in [4.78, 5) is 30.9. The van der Waals surface area contributed by atoms with E-state index in [0.717, 1.165) is 22.4 Å². The third-order valence-electron chi connectivity index (χ3n) is 4.77. The highest BCUT2D eigenvalue weighted by molar-refractivity contribution is 9.10. The number of carbonyl (C=O) groups excluding carboxylic acids is 2. The molecule has 2 amide bonds. The lowest BCUT2D eigenvalue weighted by Crippen LogP contribution is -2.27. The fourth-order valence-electron chi connectivity index (χ4n) is 3.15. The van der Waals surface area contributed by atoms with E-state index in [-0.39, 0.29) is 24.2 Å². The number of imide groups is 1. The Morgan fingerprint density at radius 2 is 1.94 bits per heavy atom. The van der Waals surface area contributed by atoms with Gasteiger partial charge in [-0.1, -0.05) is 18.2 Å². The van der Waals surface area contributed by atoms with Crippen LogP contribution in [0.4, 0.5) is 9.18 Å². The molecule has 4 rings (SSSR count). The van der Waals surface area contributed by atoms with Gasteiger partial charge >= 0.3 is 0 Å². The zero-order valence-corrected chi connectivity index (χ0v) is 19.9. The van der Waals surface area contributed by atoms with Gasteiger partial charge in [-0.05, 0) is 81.3 Å². The van der Waals surface area contributed by atoms with Crippen LogP contribution in [0.25, 0.3) is 6.08 Å². The number of ether oxygens (including phenoxy) is 2. The highest BCUT2D eigenvalue weighted by atomic mass is 79.9. The van der Waals surface area contributed by atoms with Crippen molar-refractivity contribution in [2.24, 2.45) is 0 Å². The maximum absolute atomic E-state index is 13.1. The maximum atomic E-state index is 13.1. The van der Waals surface area contributed by atoms with Gasteiger partial charge in [0, 0.05) is 6.20 Å². The predicted molar refractivity (Wildman–Crippen MR) is 127 cm³/mol. The number of benzene rings is 2. The molecule has 1 aliphatic heterocycles. The molecule has 2 aromatic carbocycles. The minimum absolute atomic E-state index is 0.0790. The summed E-state index contributed by atoms with van der Waals surface area (Å²) >= 11 is 4.36. The second-order valence-corrected chi connectivity index (χ2v) is 8.89. The molecule has 1 saturated heterocycles. The van der Waals surface area contributed by atoms with Crippen molar-refractivity contribution >= 4 is 44.9 Å². The Hall–Kier alpha value is -3.17. The first-order valence-corrected chi connectivity index (χ1v) is 11.5. The van der Waals surface area contributed by atoms with E-state index >= 15 is 0 Å². The monoisotopic (exact) mass is 528 g/mol. The number of rotatable bonds is 7. The number of hydrogen-bond acceptors (Lipinski definition) is 6. The summed E-state index contributed by atoms with van der Waals surface area (Å²) in [7, 11) is 1.52. The van der Waals surface area contributed by atoms with Gasteiger partial charge in [-0.25, -0.2) is 4.39 Å². The lowest BCUT2D eigenvalue weighted by Gasteiger charge is -2.14. The molecule has 0 atom stereocenters. The summed E-state index contributed by atoms with van der Waals surface area (Å²) < 4.78 is 25.1. The molecule has 0 radical (unpaired) electrons. The van der Waals surface area contributed by atoms with Crippen molar-refractivity contribution in [3.8, 4) is 11.5 Å². The van der Waals surface area contributed by atoms with Crippen LogP contribution in [-0.2, 0) is 17.9 Å². The van der Waals surface area contributed by atoms with Crippen LogP contribution in [-0.4, -0.2) is 28.1 Å². The molecule has 0 unspecified atom stereocenters. The number of thioether (sulfide) groups is 1. The van der Waals surface area contributed by atoms with Gasteiger partial charge in [0.05, 0.1) is 28.7 Å². The molecule has 0 saturated carbocycles. The topological polar surface area (TPSA) is 68.7 Å². The molecule has 3 aromatic rings. The smallest absolute Gasteiger partial charge is 0.293 e. The van der Waals surface area contributed by atoms with Gasteiger partial charge in [0.15, 0.2) is 11.5 Å². The highest BCUT2D eigenvalue weighted by Gasteiger charge is 2.35. The van der Waals surface area contributed by atoms with Crippen LogP contribution in [0, 0.1) is 5.82 Å². The largest absolute Gasteiger partial charge is 0.493 e. The lowest BCUT2D eigenvalue weighted by molar-refractivity contribution is -0.123. The minimum Gasteiger partial charge on any atom is -0.493 e. The molecular weight excluding hydrogens is 511 g/mol. The molecule has 33 heavy (non-hydrogen) atoms. The number of nitrogens with zero attached hydrogens (tertiary/aromatic N) is 2. The van der Waals surface area contributed by atoms with E-state index in [9.17, 15) is 14.0 Å². The Balaban J connectivity index is 1.53. The summed E-state index contributed by atoms with van der Waals surface area (Å²) in [6.07, 6.45) is 3.32. The lowest BCUT2D eigenvalue weighted by atomic mass is 10.1. The van der Waals surface area contributed by atoms with Gasteiger partial charge in [-0.15, -0.1) is 0 Å². The Kier molecular flexibility index (Phi) is 7.10. The quantitative estimate of drug-likeness (QED) is 0.360. The van der Waals surface area contributed by atoms with Gasteiger partial charge in [-0.2, -0.15) is 0 Å². The molecule has 0 bridgehead atoms. The predicted octanol–water partition coefficient (Wildman–Crippen LogP) is 5.81. The molecule has 2 heterocycles. The molecule has 9 heteroatoms. The molecule has 1 fully saturated rings. The number of aromatic nitrogens is 1. The van der Waals surface area contributed by atoms with Crippen molar-refractivity contribution in [3.63, 3.8) is 0 Å². The Morgan fingerprint density at radius 1 is 1.15 bits per heavy atom. The van der Waals surface area contributed by atoms with Crippen molar-refractivity contribution in [1.29, 1.82) is 0 Å². The highest BCUT2D eigenvalue weighted by Crippen LogP contribution is 2.39. The van der Waals surface area contributed by atoms with Crippen molar-refractivity contribution in [2.45, 2.75) is 13.2 Å². The van der Waals surface area contributed by atoms with E-state index in [1.54, 1.807) is 36.5 Å². The van der Waals surface area contributed by atoms with E-state index in [4.69, 9.17) is 9.47 Å². The maximum Gasteiger partial charge on any atom is 0.293 e. The van der Waals surface area contributed by atoms with Crippen molar-refractivity contribution in [3.05, 3.63) is 92.8 Å². The third-order valence-corrected chi connectivity index (χ3v) is 6.26. The second kappa shape index (κ2) is 10.2. The van der Waals surface area contributed by atoms with Crippen molar-refractivity contribution in [1.82, 2.24) is 9.88 Å². The van der Waals surface area contributed by atoms with Gasteiger partial charge in [0.25, 0.3) is 11.1 Å². The van der Waals surface area contributed by atoms with E-state index in [0.29, 0.717) is 32.0 Å². The molecule has 168 valence electrons. The average molecular weight is 529 g/mol. The zero-order valence-electron chi connectivity index (χ0n) is 17.5. The van der Waals surface area contributed by atoms with Gasteiger partial charge in [-0.3, -0.25) is 19.5 Å². The minimum atomic E-state index is -0.403. The summed E-state index contributed by atoms with van der Waals surface area (Å²) in [5, 5.41) is -0.378. The third kappa shape index (κ3) is 5.43. The van der Waals surface area contributed by atoms with Gasteiger partial charge < -0.3 is 9.47 Å². The fourth-order valence-corrected chi connectivity index (χ4v) is 4.57. The fraction of sp³-hybridized carbons (Fsp3) is 0.125. The standard InChI is InChI=1S/C24H18BrFN2O4S/c1-31-20-11-16(10-19(25)22(20)32-14-18-4-2-3-9-27-18)12-21-23(29)28(24(30)33-21)13-15-5-7-17(26)8-6-15/h2-12H,13-14H2,1H3/b21-12+. The summed E-state index contributed by atoms with van der Waals surface area (Å²) in [6, 6.07) is 14.8. The second-order valence-electron chi connectivity index (χ2n) is 7.04. The van der Waals surface area contributed by atoms with Gasteiger partial charge in [0.1, 0.15) is 12.4 Å². The van der Waals surface area contributed by atoms with Crippen LogP contribution in [0.15, 0.2) is 70.2 Å². The number of hydrogen-bond donors (Lipinski definition) is 0. The van der Waals surface area contributed by atoms with Crippen molar-refractivity contribution in [2.75, 3.05) is 7.11 Å². The summed E-state index contributed by atoms with van der Waals surface area (Å²) in [5.74, 6) is 0.196. The van der Waals surface area contributed by atoms with Crippen LogP contribution < -0.4 is 9.47 Å². The molecule has 0 N–H and O–H groups in total. The molecular formula is C24H18BrFN2O4S. The number of methoxy groups -OCH3 is 1. The summed E-state index contributed by atoms with van der Waals surface area (Å²) in [6.45, 7) is 0.340. The van der Waals surface area contributed by atoms with E-state index in [2.05, 4.69) is 20.9 Å². The Morgan fingerprint density at radius 3 is 2.64 bits per heavy atom. The van der Waals surface area contributed by atoms with Gasteiger partial charge in [0.2, 0.25) is 0 Å². The zero-order chi connectivity index (χ0) is 23.4. The van der Waals surface area contributed by atoms with E-state index in [1.165, 1.54) is 19.2 Å². The van der Waals surface area contributed by atoms with Crippen molar-refractivity contribution < 1.29 is 23.5 Å². The Bertz CT molecular complexity index is 1220. The van der Waals surface area contributed by atoms with E-state index < -0.39 is 5.91 Å². The van der Waals surface area contributed by atoms with Crippen LogP contribution in [0.5, 0.6) is 11.5 Å². The van der Waals surface area contributed by atoms with Crippen LogP contribution in [0.2, 0.25) is 0 Å². The molecule has 1 aromatic heterocycles. The summed E-state index contributed by atoms with van der Waals surface area (Å²) in [5.41, 5.74) is 2.10. The average Bonchev–Trinajstić information content (AvgIpc) is 3.07. The first-order valence-electron chi connectivity index (χ1n) is 9.84. The SMILES string of the molecule is COc1cc(/C=C2/SC(=O)N(Cc3ccc(F)cc3)C2=O)cc(Br)c1OCc1ccccn1. The molecule has 0 spiro atoms. The Labute approximate surface area is 202 Å². The first-order chi connectivity index (χ1) is 15.9. The van der Waals surface area contributed by atoms with E-state index in [1.807, 2.05) is 18.2 Å². The number of halogens is 2. The van der Waals surface area contributed by atoms with Crippen LogP contribution >= 0.6 is 27.7 Å². The molecule has 1 aliphatic rings. The first kappa shape index (κ1) is 23.0. The number of carbonyl (C=O) groups is 2. The normalized spacial score (nSPS) is 14.8. The number of amides is 2. The molecule has 6 nitrogen and oxygen atoms in total. The molecule has 0 aliphatic carbocycles. The number of pyridine rings is 1.